The summed E-state index contributed by atoms with van der Waals surface area (Å²) in [5.41, 5.74) is 4.98. The summed E-state index contributed by atoms with van der Waals surface area (Å²) in [6.45, 7) is 4.82. The normalized spacial score (nSPS) is 38.7. The van der Waals surface area contributed by atoms with Crippen LogP contribution >= 0.6 is 0 Å². The maximum Gasteiger partial charge on any atom is 0.135 e. The van der Waals surface area contributed by atoms with Crippen LogP contribution in [0.5, 0.6) is 0 Å². The number of benzene rings is 1. The maximum atomic E-state index is 6.61. The molecule has 2 fully saturated rings. The summed E-state index contributed by atoms with van der Waals surface area (Å²) in [4.78, 5) is 2.77. The molecule has 114 valence electrons. The van der Waals surface area contributed by atoms with E-state index in [4.69, 9.17) is 4.74 Å². The molecular weight excluding hydrogens is 272 g/mol. The molecule has 5 heterocycles. The highest BCUT2D eigenvalue weighted by Gasteiger charge is 2.62. The van der Waals surface area contributed by atoms with Crippen LogP contribution in [-0.2, 0) is 11.2 Å². The average molecular weight is 294 g/mol. The van der Waals surface area contributed by atoms with Crippen LogP contribution in [0.25, 0.3) is 10.9 Å². The fraction of sp³-hybridized carbons (Fsp3) is 0.579. The molecule has 0 unspecified atom stereocenters. The number of nitrogens with zero attached hydrogens (tertiary/aromatic N) is 2. The number of hydrogen-bond donors (Lipinski definition) is 0. The molecule has 0 N–H and O–H groups in total. The lowest BCUT2D eigenvalue weighted by molar-refractivity contribution is -0.0698. The lowest BCUT2D eigenvalue weighted by atomic mass is 9.64. The van der Waals surface area contributed by atoms with Gasteiger partial charge in [-0.3, -0.25) is 4.90 Å². The van der Waals surface area contributed by atoms with Crippen LogP contribution in [0.1, 0.15) is 49.7 Å². The Balaban J connectivity index is 1.75. The van der Waals surface area contributed by atoms with Crippen LogP contribution in [0, 0.1) is 5.41 Å². The number of rotatable bonds is 1. The molecule has 0 radical (unpaired) electrons. The molecule has 0 aliphatic carbocycles. The molecule has 4 aliphatic heterocycles. The SMILES string of the molecule is CC[C@@]12C[C@H]3O[C@@H]1CCN1CCc4c(n3c3ccccc43)[C@@H]12. The molecule has 0 saturated carbocycles. The first kappa shape index (κ1) is 12.1. The highest BCUT2D eigenvalue weighted by atomic mass is 16.5. The van der Waals surface area contributed by atoms with Crippen LogP contribution in [0.4, 0.5) is 0 Å². The van der Waals surface area contributed by atoms with Crippen molar-refractivity contribution in [2.75, 3.05) is 13.1 Å². The van der Waals surface area contributed by atoms with Gasteiger partial charge in [-0.15, -0.1) is 0 Å². The van der Waals surface area contributed by atoms with E-state index in [0.717, 1.165) is 0 Å². The van der Waals surface area contributed by atoms with Crippen molar-refractivity contribution in [2.24, 2.45) is 5.41 Å². The van der Waals surface area contributed by atoms with Crippen molar-refractivity contribution in [1.82, 2.24) is 9.47 Å². The quantitative estimate of drug-likeness (QED) is 0.799. The van der Waals surface area contributed by atoms with Crippen LogP contribution in [0.2, 0.25) is 0 Å². The molecule has 3 nitrogen and oxygen atoms in total. The van der Waals surface area contributed by atoms with Gasteiger partial charge in [-0.25, -0.2) is 0 Å². The van der Waals surface area contributed by atoms with Crippen LogP contribution in [0.15, 0.2) is 24.3 Å². The van der Waals surface area contributed by atoms with Crippen molar-refractivity contribution >= 4 is 10.9 Å². The third-order valence-corrected chi connectivity index (χ3v) is 7.02. The molecule has 1 aromatic carbocycles. The van der Waals surface area contributed by atoms with Crippen LogP contribution in [0.3, 0.4) is 0 Å². The summed E-state index contributed by atoms with van der Waals surface area (Å²) >= 11 is 0. The zero-order chi connectivity index (χ0) is 14.5. The number of fused-ring (bicyclic) bond motifs is 5. The Hall–Kier alpha value is -1.32. The number of aromatic nitrogens is 1. The van der Waals surface area contributed by atoms with E-state index in [-0.39, 0.29) is 6.23 Å². The van der Waals surface area contributed by atoms with Gasteiger partial charge in [0.1, 0.15) is 6.23 Å². The van der Waals surface area contributed by atoms with Gasteiger partial charge >= 0.3 is 0 Å². The van der Waals surface area contributed by atoms with E-state index in [2.05, 4.69) is 40.7 Å². The molecule has 4 aliphatic rings. The molecule has 1 aromatic heterocycles. The summed E-state index contributed by atoms with van der Waals surface area (Å²) < 4.78 is 9.18. The fourth-order valence-electron chi connectivity index (χ4n) is 6.13. The average Bonchev–Trinajstić information content (AvgIpc) is 3.08. The summed E-state index contributed by atoms with van der Waals surface area (Å²) in [6, 6.07) is 9.57. The summed E-state index contributed by atoms with van der Waals surface area (Å²) in [7, 11) is 0. The van der Waals surface area contributed by atoms with Crippen molar-refractivity contribution < 1.29 is 4.74 Å². The van der Waals surface area contributed by atoms with E-state index in [0.29, 0.717) is 17.6 Å². The molecule has 2 aromatic rings. The largest absolute Gasteiger partial charge is 0.354 e. The van der Waals surface area contributed by atoms with Gasteiger partial charge in [0.2, 0.25) is 0 Å². The number of piperidine rings is 1. The summed E-state index contributed by atoms with van der Waals surface area (Å²) in [5, 5.41) is 1.47. The van der Waals surface area contributed by atoms with Crippen molar-refractivity contribution in [3.05, 3.63) is 35.5 Å². The van der Waals surface area contributed by atoms with E-state index in [9.17, 15) is 0 Å². The van der Waals surface area contributed by atoms with Crippen molar-refractivity contribution in [3.8, 4) is 0 Å². The predicted octanol–water partition coefficient (Wildman–Crippen LogP) is 3.64. The number of ether oxygens (including phenoxy) is 1. The highest BCUT2D eigenvalue weighted by molar-refractivity contribution is 5.86. The predicted molar refractivity (Wildman–Crippen MR) is 85.8 cm³/mol. The Morgan fingerprint density at radius 2 is 2.18 bits per heavy atom. The van der Waals surface area contributed by atoms with Crippen molar-refractivity contribution in [2.45, 2.75) is 51.0 Å². The van der Waals surface area contributed by atoms with Gasteiger partial charge in [0, 0.05) is 36.0 Å². The second kappa shape index (κ2) is 3.77. The Bertz CT molecular complexity index is 794. The van der Waals surface area contributed by atoms with E-state index in [1.165, 1.54) is 49.7 Å². The zero-order valence-corrected chi connectivity index (χ0v) is 13.1. The van der Waals surface area contributed by atoms with Crippen LogP contribution < -0.4 is 0 Å². The smallest absolute Gasteiger partial charge is 0.135 e. The third-order valence-electron chi connectivity index (χ3n) is 7.02. The first-order valence-electron chi connectivity index (χ1n) is 8.85. The van der Waals surface area contributed by atoms with Gasteiger partial charge in [0.25, 0.3) is 0 Å². The van der Waals surface area contributed by atoms with Gasteiger partial charge in [0.15, 0.2) is 0 Å². The van der Waals surface area contributed by atoms with E-state index >= 15 is 0 Å². The van der Waals surface area contributed by atoms with E-state index < -0.39 is 0 Å². The van der Waals surface area contributed by atoms with E-state index in [1.807, 2.05) is 0 Å². The third kappa shape index (κ3) is 1.14. The zero-order valence-electron chi connectivity index (χ0n) is 13.1. The number of hydrogen-bond acceptors (Lipinski definition) is 2. The van der Waals surface area contributed by atoms with Crippen molar-refractivity contribution in [3.63, 3.8) is 0 Å². The molecule has 2 bridgehead atoms. The lowest BCUT2D eigenvalue weighted by Crippen LogP contribution is -2.54. The second-order valence-electron chi connectivity index (χ2n) is 7.60. The first-order valence-corrected chi connectivity index (χ1v) is 8.85. The van der Waals surface area contributed by atoms with Gasteiger partial charge in [-0.05, 0) is 30.9 Å². The molecule has 3 heteroatoms. The summed E-state index contributed by atoms with van der Waals surface area (Å²) in [6.07, 6.45) is 5.62. The summed E-state index contributed by atoms with van der Waals surface area (Å²) in [5.74, 6) is 0. The monoisotopic (exact) mass is 294 g/mol. The molecule has 4 atom stereocenters. The Morgan fingerprint density at radius 3 is 3.09 bits per heavy atom. The molecule has 0 spiro atoms. The van der Waals surface area contributed by atoms with E-state index in [1.54, 1.807) is 11.3 Å². The lowest BCUT2D eigenvalue weighted by Gasteiger charge is -2.53. The van der Waals surface area contributed by atoms with Crippen LogP contribution in [-0.4, -0.2) is 28.7 Å². The molecule has 0 amide bonds. The molecular formula is C19H22N2O. The number of para-hydroxylation sites is 1. The molecule has 22 heavy (non-hydrogen) atoms. The molecule has 2 saturated heterocycles. The van der Waals surface area contributed by atoms with Gasteiger partial charge in [-0.2, -0.15) is 0 Å². The van der Waals surface area contributed by atoms with Crippen molar-refractivity contribution in [1.29, 1.82) is 0 Å². The highest BCUT2D eigenvalue weighted by Crippen LogP contribution is 2.64. The fourth-order valence-corrected chi connectivity index (χ4v) is 6.13. The van der Waals surface area contributed by atoms with Gasteiger partial charge in [-0.1, -0.05) is 25.1 Å². The first-order chi connectivity index (χ1) is 10.8. The topological polar surface area (TPSA) is 17.4 Å². The Kier molecular flexibility index (Phi) is 2.08. The Labute approximate surface area is 130 Å². The van der Waals surface area contributed by atoms with Gasteiger partial charge in [0.05, 0.1) is 17.7 Å². The minimum Gasteiger partial charge on any atom is -0.354 e. The minimum atomic E-state index is 0.271. The standard InChI is InChI=1S/C19H22N2O/c1-2-19-11-16-21-14-6-4-3-5-12(14)13-7-9-20(18(19)17(13)21)10-8-15(19)22-16/h3-6,15-16,18H,2,7-11H2,1H3/t15-,16-,18-,19-/m1/s1. The molecule has 6 rings (SSSR count). The minimum absolute atomic E-state index is 0.271. The maximum absolute atomic E-state index is 6.61. The van der Waals surface area contributed by atoms with Gasteiger partial charge < -0.3 is 9.30 Å². The Morgan fingerprint density at radius 1 is 1.27 bits per heavy atom. The second-order valence-corrected chi connectivity index (χ2v) is 7.60.